The molecular formula is C23H30N8O. The van der Waals surface area contributed by atoms with Gasteiger partial charge in [-0.15, -0.1) is 0 Å². The molecule has 3 aliphatic rings. The van der Waals surface area contributed by atoms with Crippen LogP contribution in [0, 0.1) is 11.3 Å². The molecule has 0 aromatic carbocycles. The second kappa shape index (κ2) is 8.87. The fourth-order valence-electron chi connectivity index (χ4n) is 5.35. The van der Waals surface area contributed by atoms with Crippen LogP contribution in [0.3, 0.4) is 0 Å². The summed E-state index contributed by atoms with van der Waals surface area (Å²) in [5, 5.41) is 12.3. The van der Waals surface area contributed by atoms with E-state index in [1.54, 1.807) is 6.33 Å². The molecule has 5 rings (SSSR count). The summed E-state index contributed by atoms with van der Waals surface area (Å²) in [7, 11) is 0. The fraction of sp³-hybridized carbons (Fsp3) is 0.609. The summed E-state index contributed by atoms with van der Waals surface area (Å²) in [5.41, 5.74) is 1.56. The largest absolute Gasteiger partial charge is 0.356 e. The van der Waals surface area contributed by atoms with Gasteiger partial charge in [0.05, 0.1) is 0 Å². The molecule has 0 saturated carbocycles. The highest BCUT2D eigenvalue weighted by atomic mass is 16.1. The van der Waals surface area contributed by atoms with Crippen LogP contribution < -0.4 is 10.2 Å². The second-order valence-corrected chi connectivity index (χ2v) is 9.21. The van der Waals surface area contributed by atoms with E-state index in [-0.39, 0.29) is 11.8 Å². The van der Waals surface area contributed by atoms with Crippen LogP contribution in [0.4, 0.5) is 11.6 Å². The van der Waals surface area contributed by atoms with Crippen molar-refractivity contribution in [3.05, 3.63) is 29.6 Å². The monoisotopic (exact) mass is 434 g/mol. The Balaban J connectivity index is 1.29. The summed E-state index contributed by atoms with van der Waals surface area (Å²) in [6.45, 7) is 8.07. The summed E-state index contributed by atoms with van der Waals surface area (Å²) >= 11 is 0. The van der Waals surface area contributed by atoms with Crippen molar-refractivity contribution in [2.24, 2.45) is 0 Å². The van der Waals surface area contributed by atoms with E-state index in [2.05, 4.69) is 47.6 Å². The number of nitrogens with one attached hydrogen (secondary N) is 1. The lowest BCUT2D eigenvalue weighted by Gasteiger charge is -2.35. The van der Waals surface area contributed by atoms with Crippen LogP contribution in [-0.4, -0.2) is 63.0 Å². The first-order chi connectivity index (χ1) is 15.6. The first-order valence-corrected chi connectivity index (χ1v) is 11.7. The zero-order chi connectivity index (χ0) is 22.1. The number of nitriles is 1. The molecule has 5 heterocycles. The number of amides is 1. The van der Waals surface area contributed by atoms with E-state index < -0.39 is 0 Å². The molecule has 0 unspecified atom stereocenters. The molecule has 168 valence electrons. The van der Waals surface area contributed by atoms with E-state index in [0.29, 0.717) is 23.9 Å². The molecule has 2 saturated heterocycles. The van der Waals surface area contributed by atoms with Crippen molar-refractivity contribution < 1.29 is 4.79 Å². The summed E-state index contributed by atoms with van der Waals surface area (Å²) < 4.78 is 2.21. The maximum Gasteiger partial charge on any atom is 0.226 e. The number of fused-ring (bicyclic) bond motifs is 1. The normalized spacial score (nSPS) is 21.9. The van der Waals surface area contributed by atoms with Gasteiger partial charge in [-0.1, -0.05) is 6.92 Å². The average molecular weight is 435 g/mol. The van der Waals surface area contributed by atoms with Crippen molar-refractivity contribution in [2.45, 2.75) is 57.4 Å². The van der Waals surface area contributed by atoms with Gasteiger partial charge in [-0.3, -0.25) is 4.79 Å². The molecule has 9 heteroatoms. The molecular weight excluding hydrogens is 404 g/mol. The quantitative estimate of drug-likeness (QED) is 0.771. The van der Waals surface area contributed by atoms with Crippen LogP contribution in [0.2, 0.25) is 0 Å². The minimum absolute atomic E-state index is 0.0161. The van der Waals surface area contributed by atoms with Crippen molar-refractivity contribution in [1.82, 2.24) is 24.4 Å². The number of anilines is 2. The highest BCUT2D eigenvalue weighted by Gasteiger charge is 2.31. The van der Waals surface area contributed by atoms with Crippen LogP contribution >= 0.6 is 0 Å². The van der Waals surface area contributed by atoms with Gasteiger partial charge in [-0.05, 0) is 44.7 Å². The Morgan fingerprint density at radius 1 is 1.16 bits per heavy atom. The molecule has 2 aromatic rings. The summed E-state index contributed by atoms with van der Waals surface area (Å²) in [4.78, 5) is 30.3. The molecule has 3 aliphatic heterocycles. The van der Waals surface area contributed by atoms with Gasteiger partial charge >= 0.3 is 0 Å². The van der Waals surface area contributed by atoms with Gasteiger partial charge in [0.15, 0.2) is 5.69 Å². The third kappa shape index (κ3) is 4.07. The number of rotatable bonds is 5. The Hall–Kier alpha value is -2.99. The van der Waals surface area contributed by atoms with Crippen LogP contribution in [0.5, 0.6) is 0 Å². The van der Waals surface area contributed by atoms with Gasteiger partial charge in [0.25, 0.3) is 0 Å². The number of carbonyl (C=O) groups excluding carboxylic acids is 1. The average Bonchev–Trinajstić information content (AvgIpc) is 3.47. The van der Waals surface area contributed by atoms with Crippen molar-refractivity contribution in [2.75, 3.05) is 42.9 Å². The van der Waals surface area contributed by atoms with E-state index in [4.69, 9.17) is 0 Å². The molecule has 0 radical (unpaired) electrons. The lowest BCUT2D eigenvalue weighted by atomic mass is 9.92. The molecule has 0 spiro atoms. The van der Waals surface area contributed by atoms with Crippen molar-refractivity contribution in [3.8, 4) is 6.07 Å². The molecule has 32 heavy (non-hydrogen) atoms. The highest BCUT2D eigenvalue weighted by Crippen LogP contribution is 2.38. The predicted octanol–water partition coefficient (Wildman–Crippen LogP) is 2.47. The van der Waals surface area contributed by atoms with Crippen molar-refractivity contribution in [1.29, 1.82) is 5.26 Å². The van der Waals surface area contributed by atoms with Gasteiger partial charge in [0, 0.05) is 50.3 Å². The summed E-state index contributed by atoms with van der Waals surface area (Å²) in [6, 6.07) is 2.22. The summed E-state index contributed by atoms with van der Waals surface area (Å²) in [5.74, 6) is 3.10. The van der Waals surface area contributed by atoms with Gasteiger partial charge < -0.3 is 19.7 Å². The van der Waals surface area contributed by atoms with E-state index >= 15 is 0 Å². The molecule has 0 aliphatic carbocycles. The fourth-order valence-corrected chi connectivity index (χ4v) is 5.35. The molecule has 1 atom stereocenters. The van der Waals surface area contributed by atoms with E-state index in [0.717, 1.165) is 56.2 Å². The zero-order valence-corrected chi connectivity index (χ0v) is 18.6. The topological polar surface area (TPSA) is 103 Å². The smallest absolute Gasteiger partial charge is 0.226 e. The molecule has 1 amide bonds. The third-order valence-electron chi connectivity index (χ3n) is 7.04. The lowest BCUT2D eigenvalue weighted by Crippen LogP contribution is -2.36. The Morgan fingerprint density at radius 2 is 1.94 bits per heavy atom. The number of imidazole rings is 1. The van der Waals surface area contributed by atoms with Gasteiger partial charge in [-0.25, -0.2) is 15.0 Å². The first kappa shape index (κ1) is 20.9. The number of hydrogen-bond donors (Lipinski definition) is 1. The molecule has 0 bridgehead atoms. The second-order valence-electron chi connectivity index (χ2n) is 9.21. The van der Waals surface area contributed by atoms with Crippen LogP contribution in [0.15, 0.2) is 12.5 Å². The Labute approximate surface area is 188 Å². The Morgan fingerprint density at radius 3 is 2.69 bits per heavy atom. The van der Waals surface area contributed by atoms with Crippen molar-refractivity contribution in [3.63, 3.8) is 0 Å². The minimum Gasteiger partial charge on any atom is -0.356 e. The standard InChI is InChI=1S/C23H30N8O/c1-16-12-19(32)28-21-20(16)23(26-15-25-21)30-8-4-17(5-9-30)22-27-18(13-24)14-31(22)11-10-29-6-2-3-7-29/h14-17H,2-12H2,1H3,(H,25,26,28,32)/t16-/m1/s1. The van der Waals surface area contributed by atoms with Crippen LogP contribution in [0.1, 0.15) is 67.9 Å². The SMILES string of the molecule is C[C@@H]1CC(=O)Nc2ncnc(N3CCC(c4nc(C#N)cn4CCN4CCCC4)CC3)c21. The van der Waals surface area contributed by atoms with E-state index in [1.165, 1.54) is 25.9 Å². The van der Waals surface area contributed by atoms with Crippen LogP contribution in [-0.2, 0) is 11.3 Å². The van der Waals surface area contributed by atoms with E-state index in [9.17, 15) is 10.1 Å². The Kier molecular flexibility index (Phi) is 5.79. The minimum atomic E-state index is 0.0161. The van der Waals surface area contributed by atoms with Crippen LogP contribution in [0.25, 0.3) is 0 Å². The number of aromatic nitrogens is 4. The Bertz CT molecular complexity index is 1030. The number of carbonyl (C=O) groups is 1. The predicted molar refractivity (Wildman–Crippen MR) is 120 cm³/mol. The first-order valence-electron chi connectivity index (χ1n) is 11.7. The van der Waals surface area contributed by atoms with Gasteiger partial charge in [0.1, 0.15) is 29.9 Å². The number of nitrogens with zero attached hydrogens (tertiary/aromatic N) is 7. The highest BCUT2D eigenvalue weighted by molar-refractivity contribution is 5.94. The zero-order valence-electron chi connectivity index (χ0n) is 18.6. The molecule has 2 fully saturated rings. The maximum atomic E-state index is 11.9. The van der Waals surface area contributed by atoms with E-state index in [1.807, 2.05) is 6.20 Å². The van der Waals surface area contributed by atoms with Gasteiger partial charge in [0.2, 0.25) is 5.91 Å². The lowest BCUT2D eigenvalue weighted by molar-refractivity contribution is -0.116. The summed E-state index contributed by atoms with van der Waals surface area (Å²) in [6.07, 6.45) is 8.43. The van der Waals surface area contributed by atoms with Crippen molar-refractivity contribution >= 4 is 17.5 Å². The molecule has 9 nitrogen and oxygen atoms in total. The third-order valence-corrected chi connectivity index (χ3v) is 7.04. The number of hydrogen-bond acceptors (Lipinski definition) is 7. The maximum absolute atomic E-state index is 11.9. The molecule has 2 aromatic heterocycles. The number of piperidine rings is 1. The molecule has 1 N–H and O–H groups in total. The van der Waals surface area contributed by atoms with Gasteiger partial charge in [-0.2, -0.15) is 5.26 Å². The number of likely N-dealkylation sites (tertiary alicyclic amines) is 1.